The van der Waals surface area contributed by atoms with Gasteiger partial charge >= 0.3 is 0 Å². The first kappa shape index (κ1) is 17.5. The zero-order valence-corrected chi connectivity index (χ0v) is 14.9. The van der Waals surface area contributed by atoms with E-state index in [-0.39, 0.29) is 5.91 Å². The lowest BCUT2D eigenvalue weighted by molar-refractivity contribution is 0.103. The third-order valence-electron chi connectivity index (χ3n) is 3.56. The number of carbonyl (C=O) groups is 1. The van der Waals surface area contributed by atoms with Crippen molar-refractivity contribution in [2.45, 2.75) is 0 Å². The van der Waals surface area contributed by atoms with E-state index in [1.54, 1.807) is 30.6 Å². The lowest BCUT2D eigenvalue weighted by Gasteiger charge is -2.05. The highest BCUT2D eigenvalue weighted by Gasteiger charge is 2.20. The highest BCUT2D eigenvalue weighted by molar-refractivity contribution is 7.17. The average molecular weight is 359 g/mol. The van der Waals surface area contributed by atoms with Gasteiger partial charge < -0.3 is 5.32 Å². The second-order valence-electron chi connectivity index (χ2n) is 5.32. The molecule has 1 amide bonds. The number of rotatable bonds is 6. The molecule has 3 aromatic rings. The van der Waals surface area contributed by atoms with Crippen LogP contribution >= 0.6 is 11.3 Å². The van der Waals surface area contributed by atoms with Gasteiger partial charge in [-0.1, -0.05) is 49.6 Å². The first-order chi connectivity index (χ1) is 12.7. The van der Waals surface area contributed by atoms with Crippen LogP contribution in [-0.4, -0.2) is 15.9 Å². The number of amides is 1. The van der Waals surface area contributed by atoms with Crippen molar-refractivity contribution in [1.82, 2.24) is 9.97 Å². The van der Waals surface area contributed by atoms with Gasteiger partial charge in [0.05, 0.1) is 5.69 Å². The van der Waals surface area contributed by atoms with Crippen LogP contribution in [0.1, 0.15) is 15.4 Å². The predicted octanol–water partition coefficient (Wildman–Crippen LogP) is 5.21. The number of pyridine rings is 1. The summed E-state index contributed by atoms with van der Waals surface area (Å²) in [7, 11) is 0. The predicted molar refractivity (Wildman–Crippen MR) is 108 cm³/mol. The number of aromatic nitrogens is 2. The lowest BCUT2D eigenvalue weighted by atomic mass is 10.1. The standard InChI is InChI=1S/C21H17N3OS/c1-3-9-15(4-2)18-19(20(25)23-17-11-6-5-7-12-17)26-21(24-18)16-10-8-13-22-14-16/h3-14H,1-2H2,(H,23,25). The molecule has 0 fully saturated rings. The fourth-order valence-electron chi connectivity index (χ4n) is 2.36. The van der Waals surface area contributed by atoms with Crippen molar-refractivity contribution in [3.8, 4) is 10.6 Å². The summed E-state index contributed by atoms with van der Waals surface area (Å²) in [6.45, 7) is 7.55. The van der Waals surface area contributed by atoms with Crippen LogP contribution in [0, 0.1) is 0 Å². The monoisotopic (exact) mass is 359 g/mol. The number of benzene rings is 1. The van der Waals surface area contributed by atoms with Crippen molar-refractivity contribution in [2.75, 3.05) is 5.32 Å². The number of hydrogen-bond donors (Lipinski definition) is 1. The molecule has 2 heterocycles. The molecule has 0 aliphatic carbocycles. The Labute approximate surface area is 156 Å². The maximum atomic E-state index is 12.9. The van der Waals surface area contributed by atoms with Crippen LogP contribution in [0.3, 0.4) is 0 Å². The first-order valence-corrected chi connectivity index (χ1v) is 8.77. The van der Waals surface area contributed by atoms with Crippen molar-refractivity contribution in [1.29, 1.82) is 0 Å². The summed E-state index contributed by atoms with van der Waals surface area (Å²) in [6.07, 6.45) is 8.54. The molecular weight excluding hydrogens is 342 g/mol. The van der Waals surface area contributed by atoms with Gasteiger partial charge in [0.2, 0.25) is 0 Å². The van der Waals surface area contributed by atoms with Crippen molar-refractivity contribution in [2.24, 2.45) is 0 Å². The van der Waals surface area contributed by atoms with Gasteiger partial charge in [0.1, 0.15) is 9.88 Å². The quantitative estimate of drug-likeness (QED) is 0.615. The first-order valence-electron chi connectivity index (χ1n) is 7.96. The van der Waals surface area contributed by atoms with Crippen LogP contribution in [0.5, 0.6) is 0 Å². The summed E-state index contributed by atoms with van der Waals surface area (Å²) in [5.41, 5.74) is 2.91. The van der Waals surface area contributed by atoms with E-state index in [1.165, 1.54) is 11.3 Å². The molecule has 1 N–H and O–H groups in total. The zero-order valence-electron chi connectivity index (χ0n) is 14.1. The molecule has 0 unspecified atom stereocenters. The highest BCUT2D eigenvalue weighted by Crippen LogP contribution is 2.32. The van der Waals surface area contributed by atoms with Gasteiger partial charge in [0, 0.05) is 29.2 Å². The third-order valence-corrected chi connectivity index (χ3v) is 4.67. The van der Waals surface area contributed by atoms with Gasteiger partial charge in [-0.25, -0.2) is 4.98 Å². The molecular formula is C21H17N3OS. The normalized spacial score (nSPS) is 11.0. The molecule has 128 valence electrons. The van der Waals surface area contributed by atoms with Crippen LogP contribution < -0.4 is 5.32 Å². The summed E-state index contributed by atoms with van der Waals surface area (Å²) in [5, 5.41) is 3.64. The van der Waals surface area contributed by atoms with Crippen LogP contribution in [0.2, 0.25) is 0 Å². The number of carbonyl (C=O) groups excluding carboxylic acids is 1. The molecule has 0 aliphatic heterocycles. The van der Waals surface area contributed by atoms with E-state index in [0.29, 0.717) is 10.6 Å². The van der Waals surface area contributed by atoms with Gasteiger partial charge in [-0.3, -0.25) is 9.78 Å². The summed E-state index contributed by atoms with van der Waals surface area (Å²) in [5.74, 6) is -0.212. The van der Waals surface area contributed by atoms with E-state index < -0.39 is 0 Å². The Balaban J connectivity index is 2.05. The van der Waals surface area contributed by atoms with Crippen LogP contribution in [0.25, 0.3) is 16.1 Å². The maximum Gasteiger partial charge on any atom is 0.268 e. The zero-order chi connectivity index (χ0) is 18.4. The summed E-state index contributed by atoms with van der Waals surface area (Å²) in [4.78, 5) is 22.2. The molecule has 3 rings (SSSR count). The Morgan fingerprint density at radius 1 is 1.12 bits per heavy atom. The topological polar surface area (TPSA) is 54.9 Å². The van der Waals surface area contributed by atoms with E-state index in [1.807, 2.05) is 42.5 Å². The molecule has 0 radical (unpaired) electrons. The minimum Gasteiger partial charge on any atom is -0.321 e. The van der Waals surface area contributed by atoms with Crippen molar-refractivity contribution < 1.29 is 4.79 Å². The van der Waals surface area contributed by atoms with E-state index in [4.69, 9.17) is 0 Å². The molecule has 0 atom stereocenters. The Bertz CT molecular complexity index is 959. The number of allylic oxidation sites excluding steroid dienone is 4. The Morgan fingerprint density at radius 2 is 1.92 bits per heavy atom. The highest BCUT2D eigenvalue weighted by atomic mass is 32.1. The van der Waals surface area contributed by atoms with Gasteiger partial charge in [-0.05, 0) is 24.3 Å². The minimum absolute atomic E-state index is 0.212. The minimum atomic E-state index is -0.212. The number of anilines is 1. The summed E-state index contributed by atoms with van der Waals surface area (Å²) in [6, 6.07) is 13.1. The second-order valence-corrected chi connectivity index (χ2v) is 6.32. The fourth-order valence-corrected chi connectivity index (χ4v) is 3.34. The Kier molecular flexibility index (Phi) is 5.51. The third kappa shape index (κ3) is 3.84. The number of hydrogen-bond acceptors (Lipinski definition) is 4. The fraction of sp³-hybridized carbons (Fsp3) is 0. The molecule has 4 nitrogen and oxygen atoms in total. The van der Waals surface area contributed by atoms with E-state index >= 15 is 0 Å². The number of nitrogens with one attached hydrogen (secondary N) is 1. The largest absolute Gasteiger partial charge is 0.321 e. The Morgan fingerprint density at radius 3 is 2.58 bits per heavy atom. The maximum absolute atomic E-state index is 12.9. The molecule has 0 saturated carbocycles. The van der Waals surface area contributed by atoms with Gasteiger partial charge in [-0.2, -0.15) is 0 Å². The van der Waals surface area contributed by atoms with E-state index in [0.717, 1.165) is 21.8 Å². The lowest BCUT2D eigenvalue weighted by Crippen LogP contribution is -2.12. The number of para-hydroxylation sites is 1. The van der Waals surface area contributed by atoms with Crippen molar-refractivity contribution >= 4 is 28.5 Å². The molecule has 2 aromatic heterocycles. The number of thiazole rings is 1. The second kappa shape index (κ2) is 8.18. The Hall–Kier alpha value is -3.31. The van der Waals surface area contributed by atoms with Gasteiger partial charge in [-0.15, -0.1) is 11.3 Å². The smallest absolute Gasteiger partial charge is 0.268 e. The summed E-state index contributed by atoms with van der Waals surface area (Å²) >= 11 is 1.32. The van der Waals surface area contributed by atoms with Crippen LogP contribution in [0.4, 0.5) is 5.69 Å². The average Bonchev–Trinajstić information content (AvgIpc) is 3.13. The van der Waals surface area contributed by atoms with Crippen LogP contribution in [0.15, 0.2) is 86.2 Å². The van der Waals surface area contributed by atoms with E-state index in [2.05, 4.69) is 28.4 Å². The molecule has 5 heteroatoms. The van der Waals surface area contributed by atoms with Crippen LogP contribution in [-0.2, 0) is 0 Å². The number of nitrogens with zero attached hydrogens (tertiary/aromatic N) is 2. The van der Waals surface area contributed by atoms with Crippen molar-refractivity contribution in [3.63, 3.8) is 0 Å². The molecule has 0 spiro atoms. The van der Waals surface area contributed by atoms with Gasteiger partial charge in [0.25, 0.3) is 5.91 Å². The SMILES string of the molecule is C=CC=C(C=C)c1nc(-c2cccnc2)sc1C(=O)Nc1ccccc1. The summed E-state index contributed by atoms with van der Waals surface area (Å²) < 4.78 is 0. The van der Waals surface area contributed by atoms with E-state index in [9.17, 15) is 4.79 Å². The molecule has 1 aromatic carbocycles. The molecule has 0 bridgehead atoms. The molecule has 0 saturated heterocycles. The molecule has 26 heavy (non-hydrogen) atoms. The molecule has 0 aliphatic rings. The van der Waals surface area contributed by atoms with Crippen molar-refractivity contribution in [3.05, 3.63) is 96.8 Å². The van der Waals surface area contributed by atoms with Gasteiger partial charge in [0.15, 0.2) is 0 Å².